The molecule has 1 aromatic heterocycles. The zero-order valence-electron chi connectivity index (χ0n) is 8.51. The fourth-order valence-electron chi connectivity index (χ4n) is 1.23. The Kier molecular flexibility index (Phi) is 2.95. The van der Waals surface area contributed by atoms with Gasteiger partial charge in [0.15, 0.2) is 0 Å². The van der Waals surface area contributed by atoms with Crippen molar-refractivity contribution in [2.75, 3.05) is 10.5 Å². The van der Waals surface area contributed by atoms with Crippen molar-refractivity contribution in [1.29, 1.82) is 0 Å². The summed E-state index contributed by atoms with van der Waals surface area (Å²) >= 11 is 5.82. The third-order valence-corrected chi connectivity index (χ3v) is 3.79. The number of H-pyrrole nitrogens is 1. The maximum absolute atomic E-state index is 12.0. The number of halogens is 1. The standard InChI is InChI=1S/C9H9ClN4O2S/c10-7-2-1-6(11)5-8(7)17(15,16)14-9-12-3-4-13-9/h1-5H,11H2,(H2,12,13,14). The number of aromatic amines is 1. The van der Waals surface area contributed by atoms with Gasteiger partial charge in [-0.15, -0.1) is 0 Å². The van der Waals surface area contributed by atoms with Gasteiger partial charge < -0.3 is 10.7 Å². The fraction of sp³-hybridized carbons (Fsp3) is 0. The summed E-state index contributed by atoms with van der Waals surface area (Å²) in [4.78, 5) is 6.29. The fourth-order valence-corrected chi connectivity index (χ4v) is 2.74. The Balaban J connectivity index is 2.41. The molecule has 0 saturated heterocycles. The van der Waals surface area contributed by atoms with Gasteiger partial charge in [-0.25, -0.2) is 18.1 Å². The average molecular weight is 273 g/mol. The summed E-state index contributed by atoms with van der Waals surface area (Å²) in [6.07, 6.45) is 2.93. The monoisotopic (exact) mass is 272 g/mol. The number of sulfonamides is 1. The number of hydrogen-bond acceptors (Lipinski definition) is 4. The smallest absolute Gasteiger partial charge is 0.265 e. The first kappa shape index (κ1) is 11.7. The molecule has 0 spiro atoms. The molecule has 0 radical (unpaired) electrons. The number of nitrogens with two attached hydrogens (primary N) is 1. The minimum absolute atomic E-state index is 0.0874. The molecule has 6 nitrogen and oxygen atoms in total. The summed E-state index contributed by atoms with van der Waals surface area (Å²) in [5.41, 5.74) is 5.84. The molecule has 0 atom stereocenters. The minimum atomic E-state index is -3.79. The number of rotatable bonds is 3. The molecule has 8 heteroatoms. The first-order valence-corrected chi connectivity index (χ1v) is 6.42. The zero-order valence-corrected chi connectivity index (χ0v) is 10.1. The molecule has 1 heterocycles. The number of hydrogen-bond donors (Lipinski definition) is 3. The number of imidazole rings is 1. The lowest BCUT2D eigenvalue weighted by Crippen LogP contribution is -2.14. The highest BCUT2D eigenvalue weighted by molar-refractivity contribution is 7.92. The molecule has 0 aliphatic carbocycles. The van der Waals surface area contributed by atoms with Crippen LogP contribution in [0.4, 0.5) is 11.6 Å². The second-order valence-electron chi connectivity index (χ2n) is 3.23. The van der Waals surface area contributed by atoms with Crippen LogP contribution >= 0.6 is 11.6 Å². The van der Waals surface area contributed by atoms with Crippen molar-refractivity contribution in [1.82, 2.24) is 9.97 Å². The maximum atomic E-state index is 12.0. The predicted molar refractivity (Wildman–Crippen MR) is 65.3 cm³/mol. The molecule has 0 bridgehead atoms. The summed E-state index contributed by atoms with van der Waals surface area (Å²) in [6, 6.07) is 4.23. The van der Waals surface area contributed by atoms with Crippen LogP contribution in [0.1, 0.15) is 0 Å². The molecule has 90 valence electrons. The SMILES string of the molecule is Nc1ccc(Cl)c(S(=O)(=O)Nc2ncc[nH]2)c1. The molecule has 1 aromatic carbocycles. The average Bonchev–Trinajstić information content (AvgIpc) is 2.73. The van der Waals surface area contributed by atoms with Gasteiger partial charge in [0.05, 0.1) is 5.02 Å². The molecule has 0 aliphatic heterocycles. The highest BCUT2D eigenvalue weighted by atomic mass is 35.5. The Labute approximate surface area is 103 Å². The molecule has 0 aliphatic rings. The van der Waals surface area contributed by atoms with Gasteiger partial charge in [-0.1, -0.05) is 11.6 Å². The Morgan fingerprint density at radius 2 is 2.18 bits per heavy atom. The van der Waals surface area contributed by atoms with Gasteiger partial charge >= 0.3 is 0 Å². The van der Waals surface area contributed by atoms with Gasteiger partial charge in [-0.05, 0) is 18.2 Å². The number of nitrogens with one attached hydrogen (secondary N) is 2. The summed E-state index contributed by atoms with van der Waals surface area (Å²) in [5, 5.41) is 0.0956. The van der Waals surface area contributed by atoms with E-state index in [9.17, 15) is 8.42 Å². The number of benzene rings is 1. The van der Waals surface area contributed by atoms with Crippen molar-refractivity contribution in [2.45, 2.75) is 4.90 Å². The molecule has 4 N–H and O–H groups in total. The lowest BCUT2D eigenvalue weighted by molar-refractivity contribution is 0.601. The van der Waals surface area contributed by atoms with E-state index in [-0.39, 0.29) is 15.9 Å². The van der Waals surface area contributed by atoms with Gasteiger partial charge in [-0.3, -0.25) is 0 Å². The van der Waals surface area contributed by atoms with Crippen molar-refractivity contribution in [3.05, 3.63) is 35.6 Å². The summed E-state index contributed by atoms with van der Waals surface area (Å²) in [7, 11) is -3.79. The van der Waals surface area contributed by atoms with Crippen LogP contribution in [0.5, 0.6) is 0 Å². The highest BCUT2D eigenvalue weighted by Crippen LogP contribution is 2.24. The van der Waals surface area contributed by atoms with Gasteiger partial charge in [0.25, 0.3) is 10.0 Å². The Morgan fingerprint density at radius 3 is 2.82 bits per heavy atom. The van der Waals surface area contributed by atoms with Crippen LogP contribution in [0.25, 0.3) is 0 Å². The molecule has 17 heavy (non-hydrogen) atoms. The van der Waals surface area contributed by atoms with Crippen LogP contribution in [-0.2, 0) is 10.0 Å². The molecular formula is C9H9ClN4O2S. The van der Waals surface area contributed by atoms with Crippen LogP contribution in [0, 0.1) is 0 Å². The predicted octanol–water partition coefficient (Wildman–Crippen LogP) is 1.45. The number of nitrogen functional groups attached to an aromatic ring is 1. The van der Waals surface area contributed by atoms with Crippen molar-refractivity contribution < 1.29 is 8.42 Å². The first-order chi connectivity index (χ1) is 7.99. The Morgan fingerprint density at radius 1 is 1.41 bits per heavy atom. The van der Waals surface area contributed by atoms with E-state index in [1.54, 1.807) is 0 Å². The third-order valence-electron chi connectivity index (χ3n) is 1.97. The first-order valence-electron chi connectivity index (χ1n) is 4.56. The molecule has 0 unspecified atom stereocenters. The van der Waals surface area contributed by atoms with Crippen LogP contribution in [0.2, 0.25) is 5.02 Å². The van der Waals surface area contributed by atoms with Gasteiger partial charge in [0.1, 0.15) is 4.90 Å². The van der Waals surface area contributed by atoms with Crippen LogP contribution in [0.15, 0.2) is 35.5 Å². The Hall–Kier alpha value is -1.73. The van der Waals surface area contributed by atoms with Gasteiger partial charge in [-0.2, -0.15) is 0 Å². The lowest BCUT2D eigenvalue weighted by Gasteiger charge is -2.07. The van der Waals surface area contributed by atoms with E-state index in [2.05, 4.69) is 14.7 Å². The second-order valence-corrected chi connectivity index (χ2v) is 5.29. The van der Waals surface area contributed by atoms with Gasteiger partial charge in [0, 0.05) is 18.1 Å². The Bertz CT molecular complexity index is 624. The molecule has 2 rings (SSSR count). The maximum Gasteiger partial charge on any atom is 0.265 e. The second kappa shape index (κ2) is 4.27. The summed E-state index contributed by atoms with van der Waals surface area (Å²) in [5.74, 6) is 0.114. The number of aromatic nitrogens is 2. The molecule has 0 amide bonds. The number of nitrogens with zero attached hydrogens (tertiary/aromatic N) is 1. The highest BCUT2D eigenvalue weighted by Gasteiger charge is 2.19. The topological polar surface area (TPSA) is 101 Å². The number of anilines is 2. The molecular weight excluding hydrogens is 264 g/mol. The quantitative estimate of drug-likeness (QED) is 0.736. The zero-order chi connectivity index (χ0) is 12.5. The van der Waals surface area contributed by atoms with E-state index in [0.717, 1.165) is 0 Å². The minimum Gasteiger partial charge on any atom is -0.399 e. The normalized spacial score (nSPS) is 11.4. The van der Waals surface area contributed by atoms with Crippen molar-refractivity contribution in [2.24, 2.45) is 0 Å². The largest absolute Gasteiger partial charge is 0.399 e. The van der Waals surface area contributed by atoms with Crippen LogP contribution in [-0.4, -0.2) is 18.4 Å². The van der Waals surface area contributed by atoms with E-state index in [1.165, 1.54) is 30.6 Å². The van der Waals surface area contributed by atoms with E-state index in [4.69, 9.17) is 17.3 Å². The van der Waals surface area contributed by atoms with Crippen LogP contribution < -0.4 is 10.5 Å². The van der Waals surface area contributed by atoms with Crippen molar-refractivity contribution >= 4 is 33.3 Å². The van der Waals surface area contributed by atoms with E-state index >= 15 is 0 Å². The molecule has 2 aromatic rings. The molecule has 0 saturated carbocycles. The van der Waals surface area contributed by atoms with Gasteiger partial charge in [0.2, 0.25) is 5.95 Å². The summed E-state index contributed by atoms with van der Waals surface area (Å²) < 4.78 is 26.2. The molecule has 0 fully saturated rings. The van der Waals surface area contributed by atoms with Crippen molar-refractivity contribution in [3.8, 4) is 0 Å². The third kappa shape index (κ3) is 2.51. The van der Waals surface area contributed by atoms with E-state index < -0.39 is 10.0 Å². The van der Waals surface area contributed by atoms with E-state index in [0.29, 0.717) is 5.69 Å². The lowest BCUT2D eigenvalue weighted by atomic mass is 10.3. The summed E-state index contributed by atoms with van der Waals surface area (Å²) in [6.45, 7) is 0. The van der Waals surface area contributed by atoms with Crippen molar-refractivity contribution in [3.63, 3.8) is 0 Å². The van der Waals surface area contributed by atoms with Crippen LogP contribution in [0.3, 0.4) is 0 Å². The van der Waals surface area contributed by atoms with E-state index in [1.807, 2.05) is 0 Å².